The van der Waals surface area contributed by atoms with Crippen molar-refractivity contribution in [3.05, 3.63) is 83.2 Å². The van der Waals surface area contributed by atoms with Gasteiger partial charge in [0.1, 0.15) is 0 Å². The van der Waals surface area contributed by atoms with Gasteiger partial charge in [-0.25, -0.2) is 0 Å². The second-order valence-corrected chi connectivity index (χ2v) is 5.88. The maximum atomic E-state index is 9.23. The largest absolute Gasteiger partial charge is 0.397 e. The van der Waals surface area contributed by atoms with E-state index in [4.69, 9.17) is 11.1 Å². The second-order valence-electron chi connectivity index (χ2n) is 5.88. The summed E-state index contributed by atoms with van der Waals surface area (Å²) < 4.78 is 0. The monoisotopic (exact) mass is 343 g/mol. The highest BCUT2D eigenvalue weighted by Crippen LogP contribution is 2.24. The smallest absolute Gasteiger partial charge is 0.0992 e. The lowest BCUT2D eigenvalue weighted by atomic mass is 9.97. The molecule has 0 aliphatic heterocycles. The number of nitrogens with one attached hydrogen (secondary N) is 2. The lowest BCUT2D eigenvalue weighted by molar-refractivity contribution is 1.27. The predicted molar refractivity (Wildman–Crippen MR) is 108 cm³/mol. The van der Waals surface area contributed by atoms with E-state index in [1.54, 1.807) is 25.4 Å². The van der Waals surface area contributed by atoms with E-state index in [-0.39, 0.29) is 7.14 Å². The van der Waals surface area contributed by atoms with Crippen LogP contribution in [0.3, 0.4) is 0 Å². The van der Waals surface area contributed by atoms with Gasteiger partial charge in [-0.3, -0.25) is 10.4 Å². The van der Waals surface area contributed by atoms with Crippen molar-refractivity contribution < 1.29 is 1.43 Å². The number of nitrogens with two attached hydrogens (primary N) is 1. The number of aromatic nitrogens is 1. The summed E-state index contributed by atoms with van der Waals surface area (Å²) in [6.45, 7) is 0. The SMILES string of the molecule is CNc1cc(C#N)cc(C(=N)c2cc(C3=CC=CCC=C3)ncc2N)c1.[HH]. The van der Waals surface area contributed by atoms with Gasteiger partial charge in [-0.15, -0.1) is 0 Å². The Balaban J connectivity index is 0.00000261. The van der Waals surface area contributed by atoms with Crippen molar-refractivity contribution in [3.8, 4) is 6.07 Å². The maximum absolute atomic E-state index is 9.23. The van der Waals surface area contributed by atoms with E-state index >= 15 is 0 Å². The van der Waals surface area contributed by atoms with Gasteiger partial charge in [-0.05, 0) is 36.3 Å². The molecule has 0 amide bonds. The van der Waals surface area contributed by atoms with Crippen molar-refractivity contribution in [2.75, 3.05) is 18.1 Å². The predicted octanol–water partition coefficient (Wildman–Crippen LogP) is 4.14. The third-order valence-electron chi connectivity index (χ3n) is 4.12. The third-order valence-corrected chi connectivity index (χ3v) is 4.12. The Morgan fingerprint density at radius 2 is 2.15 bits per heavy atom. The van der Waals surface area contributed by atoms with Crippen LogP contribution >= 0.6 is 0 Å². The van der Waals surface area contributed by atoms with Crippen LogP contribution in [-0.2, 0) is 0 Å². The van der Waals surface area contributed by atoms with Crippen molar-refractivity contribution in [2.45, 2.75) is 6.42 Å². The number of allylic oxidation sites excluding steroid dienone is 6. The zero-order valence-electron chi connectivity index (χ0n) is 14.5. The van der Waals surface area contributed by atoms with Crippen LogP contribution in [0.25, 0.3) is 5.57 Å². The summed E-state index contributed by atoms with van der Waals surface area (Å²) in [5.74, 6) is 0. The summed E-state index contributed by atoms with van der Waals surface area (Å²) in [4.78, 5) is 4.41. The number of hydrogen-bond acceptors (Lipinski definition) is 5. The first-order valence-corrected chi connectivity index (χ1v) is 8.24. The minimum Gasteiger partial charge on any atom is -0.397 e. The summed E-state index contributed by atoms with van der Waals surface area (Å²) >= 11 is 0. The van der Waals surface area contributed by atoms with Gasteiger partial charge in [0.25, 0.3) is 0 Å². The molecule has 0 unspecified atom stereocenters. The lowest BCUT2D eigenvalue weighted by Crippen LogP contribution is -2.08. The van der Waals surface area contributed by atoms with E-state index < -0.39 is 0 Å². The first kappa shape index (κ1) is 17.2. The van der Waals surface area contributed by atoms with Gasteiger partial charge in [0, 0.05) is 25.3 Å². The molecule has 2 aromatic rings. The number of nitriles is 1. The molecule has 3 rings (SSSR count). The van der Waals surface area contributed by atoms with Gasteiger partial charge < -0.3 is 11.1 Å². The van der Waals surface area contributed by atoms with Crippen molar-refractivity contribution >= 4 is 22.7 Å². The fourth-order valence-corrected chi connectivity index (χ4v) is 2.73. The Morgan fingerprint density at radius 3 is 2.92 bits per heavy atom. The molecule has 0 fully saturated rings. The molecule has 0 atom stereocenters. The molecule has 1 aromatic heterocycles. The summed E-state index contributed by atoms with van der Waals surface area (Å²) in [7, 11) is 1.78. The van der Waals surface area contributed by atoms with Gasteiger partial charge in [0.15, 0.2) is 0 Å². The van der Waals surface area contributed by atoms with Crippen LogP contribution in [0.1, 0.15) is 30.2 Å². The fourth-order valence-electron chi connectivity index (χ4n) is 2.73. The van der Waals surface area contributed by atoms with Crippen molar-refractivity contribution in [1.29, 1.82) is 10.7 Å². The molecule has 1 aliphatic rings. The van der Waals surface area contributed by atoms with Crippen molar-refractivity contribution in [2.24, 2.45) is 0 Å². The maximum Gasteiger partial charge on any atom is 0.0992 e. The average Bonchev–Trinajstić information content (AvgIpc) is 2.97. The zero-order valence-corrected chi connectivity index (χ0v) is 14.5. The molecule has 130 valence electrons. The first-order chi connectivity index (χ1) is 12.6. The topological polar surface area (TPSA) is 98.6 Å². The summed E-state index contributed by atoms with van der Waals surface area (Å²) in [6, 6.07) is 9.21. The Bertz CT molecular complexity index is 996. The van der Waals surface area contributed by atoms with Gasteiger partial charge >= 0.3 is 0 Å². The van der Waals surface area contributed by atoms with E-state index in [2.05, 4.69) is 28.5 Å². The lowest BCUT2D eigenvalue weighted by Gasteiger charge is -2.12. The molecular weight excluding hydrogens is 322 g/mol. The van der Waals surface area contributed by atoms with Gasteiger partial charge in [-0.1, -0.05) is 30.4 Å². The Morgan fingerprint density at radius 1 is 1.31 bits per heavy atom. The molecule has 4 N–H and O–H groups in total. The molecule has 0 radical (unpaired) electrons. The standard InChI is InChI=1S/C21H19N5.H2/c1-25-17-9-14(12-22)8-16(10-17)21(24)18-11-20(26-13-19(18)23)15-6-4-2-3-5-7-15;/h2,4-11,13,24-25H,3,23H2,1H3;1H. The minimum absolute atomic E-state index is 0. The molecule has 5 nitrogen and oxygen atoms in total. The minimum atomic E-state index is 0. The van der Waals surface area contributed by atoms with Crippen LogP contribution in [0, 0.1) is 16.7 Å². The third kappa shape index (κ3) is 3.55. The van der Waals surface area contributed by atoms with Crippen molar-refractivity contribution in [1.82, 2.24) is 4.98 Å². The molecule has 1 aliphatic carbocycles. The normalized spacial score (nSPS) is 12.8. The van der Waals surface area contributed by atoms with Gasteiger partial charge in [0.2, 0.25) is 0 Å². The molecule has 5 heteroatoms. The Hall–Kier alpha value is -3.65. The summed E-state index contributed by atoms with van der Waals surface area (Å²) in [5, 5.41) is 20.9. The van der Waals surface area contributed by atoms with Crippen LogP contribution in [0.2, 0.25) is 0 Å². The first-order valence-electron chi connectivity index (χ1n) is 8.24. The summed E-state index contributed by atoms with van der Waals surface area (Å²) in [6.07, 6.45) is 12.6. The highest BCUT2D eigenvalue weighted by molar-refractivity contribution is 6.14. The van der Waals surface area contributed by atoms with E-state index in [0.717, 1.165) is 23.4 Å². The molecule has 26 heavy (non-hydrogen) atoms. The highest BCUT2D eigenvalue weighted by Gasteiger charge is 2.13. The molecular formula is C21H21N5. The van der Waals surface area contributed by atoms with E-state index in [1.807, 2.05) is 30.4 Å². The fraction of sp³-hybridized carbons (Fsp3) is 0.0952. The number of benzene rings is 1. The van der Waals surface area contributed by atoms with Gasteiger partial charge in [-0.2, -0.15) is 5.26 Å². The highest BCUT2D eigenvalue weighted by atomic mass is 14.8. The number of nitrogen functional groups attached to an aromatic ring is 1. The Labute approximate surface area is 154 Å². The molecule has 0 spiro atoms. The quantitative estimate of drug-likeness (QED) is 0.727. The van der Waals surface area contributed by atoms with Crippen LogP contribution in [0.5, 0.6) is 0 Å². The van der Waals surface area contributed by atoms with Crippen molar-refractivity contribution in [3.63, 3.8) is 0 Å². The molecule has 1 aromatic carbocycles. The molecule has 0 bridgehead atoms. The second kappa shape index (κ2) is 7.49. The number of pyridine rings is 1. The van der Waals surface area contributed by atoms with Crippen LogP contribution < -0.4 is 11.1 Å². The number of rotatable bonds is 4. The molecule has 0 saturated carbocycles. The molecule has 1 heterocycles. The summed E-state index contributed by atoms with van der Waals surface area (Å²) in [5.41, 5.74) is 11.0. The van der Waals surface area contributed by atoms with Crippen LogP contribution in [0.15, 0.2) is 60.8 Å². The Kier molecular flexibility index (Phi) is 4.95. The van der Waals surface area contributed by atoms with Crippen LogP contribution in [0.4, 0.5) is 11.4 Å². The van der Waals surface area contributed by atoms with Gasteiger partial charge in [0.05, 0.1) is 34.9 Å². The van der Waals surface area contributed by atoms with E-state index in [0.29, 0.717) is 22.4 Å². The van der Waals surface area contributed by atoms with E-state index in [1.165, 1.54) is 0 Å². The van der Waals surface area contributed by atoms with Crippen LogP contribution in [-0.4, -0.2) is 17.7 Å². The number of hydrogen-bond donors (Lipinski definition) is 3. The average molecular weight is 343 g/mol. The number of nitrogens with zero attached hydrogens (tertiary/aromatic N) is 2. The molecule has 0 saturated heterocycles. The zero-order chi connectivity index (χ0) is 18.5. The van der Waals surface area contributed by atoms with E-state index in [9.17, 15) is 5.26 Å². The number of anilines is 2.